The molecule has 1 amide bonds. The van der Waals surface area contributed by atoms with Crippen molar-refractivity contribution in [3.63, 3.8) is 0 Å². The summed E-state index contributed by atoms with van der Waals surface area (Å²) >= 11 is 0. The van der Waals surface area contributed by atoms with Crippen LogP contribution in [0.3, 0.4) is 0 Å². The Balaban J connectivity index is 1.98. The van der Waals surface area contributed by atoms with Crippen molar-refractivity contribution >= 4 is 11.6 Å². The molecule has 0 spiro atoms. The average molecular weight is 286 g/mol. The van der Waals surface area contributed by atoms with Gasteiger partial charge in [0.05, 0.1) is 24.4 Å². The fraction of sp³-hybridized carbons (Fsp3) is 0.333. The second-order valence-corrected chi connectivity index (χ2v) is 5.13. The molecule has 1 aliphatic rings. The number of aryl methyl sites for hydroxylation is 1. The maximum absolute atomic E-state index is 12.2. The molecule has 1 aliphatic heterocycles. The van der Waals surface area contributed by atoms with Gasteiger partial charge in [-0.15, -0.1) is 0 Å². The van der Waals surface area contributed by atoms with Crippen molar-refractivity contribution in [3.05, 3.63) is 46.8 Å². The smallest absolute Gasteiger partial charge is 0.255 e. The number of aliphatic hydroxyl groups is 1. The molecule has 2 heterocycles. The van der Waals surface area contributed by atoms with Gasteiger partial charge in [-0.3, -0.25) is 9.48 Å². The molecule has 0 unspecified atom stereocenters. The van der Waals surface area contributed by atoms with E-state index in [1.165, 1.54) is 0 Å². The van der Waals surface area contributed by atoms with Crippen LogP contribution in [0.5, 0.6) is 0 Å². The van der Waals surface area contributed by atoms with Crippen LogP contribution in [0.4, 0.5) is 5.69 Å². The Morgan fingerprint density at radius 2 is 2.05 bits per heavy atom. The van der Waals surface area contributed by atoms with Gasteiger partial charge in [0.1, 0.15) is 6.17 Å². The van der Waals surface area contributed by atoms with Crippen LogP contribution in [0.25, 0.3) is 0 Å². The molecule has 2 aromatic rings. The first-order valence-corrected chi connectivity index (χ1v) is 6.93. The highest BCUT2D eigenvalue weighted by Gasteiger charge is 2.28. The number of nitrogens with zero attached hydrogens (tertiary/aromatic N) is 2. The number of benzene rings is 1. The number of fused-ring (bicyclic) bond motifs is 1. The largest absolute Gasteiger partial charge is 0.394 e. The molecule has 3 N–H and O–H groups in total. The SMILES string of the molecule is Cc1nn(CCO)c(C)c1[C@H]1NC(=O)c2ccccc2N1. The van der Waals surface area contributed by atoms with E-state index in [2.05, 4.69) is 15.7 Å². The minimum Gasteiger partial charge on any atom is -0.394 e. The van der Waals surface area contributed by atoms with Gasteiger partial charge in [0.25, 0.3) is 5.91 Å². The molecule has 21 heavy (non-hydrogen) atoms. The third-order valence-electron chi connectivity index (χ3n) is 3.78. The number of carbonyl (C=O) groups is 1. The summed E-state index contributed by atoms with van der Waals surface area (Å²) in [6, 6.07) is 7.43. The van der Waals surface area contributed by atoms with Gasteiger partial charge in [0, 0.05) is 16.9 Å². The molecule has 0 bridgehead atoms. The summed E-state index contributed by atoms with van der Waals surface area (Å²) in [5.41, 5.74) is 4.20. The normalized spacial score (nSPS) is 17.1. The topological polar surface area (TPSA) is 79.2 Å². The Bertz CT molecular complexity index is 693. The number of anilines is 1. The van der Waals surface area contributed by atoms with Crippen molar-refractivity contribution in [1.29, 1.82) is 0 Å². The number of nitrogens with one attached hydrogen (secondary N) is 2. The maximum Gasteiger partial charge on any atom is 0.255 e. The number of para-hydroxylation sites is 1. The van der Waals surface area contributed by atoms with Gasteiger partial charge in [-0.1, -0.05) is 12.1 Å². The van der Waals surface area contributed by atoms with Gasteiger partial charge in [-0.2, -0.15) is 5.10 Å². The highest BCUT2D eigenvalue weighted by Crippen LogP contribution is 2.29. The summed E-state index contributed by atoms with van der Waals surface area (Å²) in [7, 11) is 0. The first-order valence-electron chi connectivity index (χ1n) is 6.93. The Morgan fingerprint density at radius 1 is 1.29 bits per heavy atom. The van der Waals surface area contributed by atoms with E-state index in [4.69, 9.17) is 5.11 Å². The third kappa shape index (κ3) is 2.27. The molecule has 0 saturated carbocycles. The van der Waals surface area contributed by atoms with E-state index >= 15 is 0 Å². The molecule has 0 fully saturated rings. The predicted molar refractivity (Wildman–Crippen MR) is 79.1 cm³/mol. The maximum atomic E-state index is 12.2. The quantitative estimate of drug-likeness (QED) is 0.795. The van der Waals surface area contributed by atoms with Gasteiger partial charge < -0.3 is 15.7 Å². The number of rotatable bonds is 3. The summed E-state index contributed by atoms with van der Waals surface area (Å²) in [5.74, 6) is -0.0944. The molecule has 6 heteroatoms. The lowest BCUT2D eigenvalue weighted by atomic mass is 10.0. The van der Waals surface area contributed by atoms with E-state index < -0.39 is 0 Å². The molecule has 1 atom stereocenters. The van der Waals surface area contributed by atoms with Gasteiger partial charge in [-0.25, -0.2) is 0 Å². The zero-order valence-electron chi connectivity index (χ0n) is 12.1. The number of hydrogen-bond donors (Lipinski definition) is 3. The minimum atomic E-state index is -0.306. The highest BCUT2D eigenvalue weighted by atomic mass is 16.3. The van der Waals surface area contributed by atoms with Crippen molar-refractivity contribution in [2.45, 2.75) is 26.6 Å². The van der Waals surface area contributed by atoms with Crippen LogP contribution in [-0.4, -0.2) is 27.4 Å². The summed E-state index contributed by atoms with van der Waals surface area (Å²) in [6.45, 7) is 4.34. The van der Waals surface area contributed by atoms with Crippen LogP contribution >= 0.6 is 0 Å². The van der Waals surface area contributed by atoms with Crippen molar-refractivity contribution < 1.29 is 9.90 Å². The second-order valence-electron chi connectivity index (χ2n) is 5.13. The zero-order valence-corrected chi connectivity index (χ0v) is 12.1. The Morgan fingerprint density at radius 3 is 2.81 bits per heavy atom. The van der Waals surface area contributed by atoms with E-state index in [1.54, 1.807) is 10.7 Å². The molecular formula is C15H18N4O2. The van der Waals surface area contributed by atoms with E-state index in [9.17, 15) is 4.79 Å². The van der Waals surface area contributed by atoms with E-state index in [-0.39, 0.29) is 18.7 Å². The van der Waals surface area contributed by atoms with Gasteiger partial charge in [0.2, 0.25) is 0 Å². The van der Waals surface area contributed by atoms with Crippen molar-refractivity contribution in [2.75, 3.05) is 11.9 Å². The molecular weight excluding hydrogens is 268 g/mol. The van der Waals surface area contributed by atoms with Crippen molar-refractivity contribution in [2.24, 2.45) is 0 Å². The molecule has 1 aromatic carbocycles. The van der Waals surface area contributed by atoms with E-state index in [1.807, 2.05) is 32.0 Å². The lowest BCUT2D eigenvalue weighted by Crippen LogP contribution is -2.39. The van der Waals surface area contributed by atoms with Crippen LogP contribution < -0.4 is 10.6 Å². The van der Waals surface area contributed by atoms with Crippen LogP contribution in [0.2, 0.25) is 0 Å². The van der Waals surface area contributed by atoms with Crippen molar-refractivity contribution in [3.8, 4) is 0 Å². The lowest BCUT2D eigenvalue weighted by molar-refractivity contribution is 0.0935. The van der Waals surface area contributed by atoms with Crippen LogP contribution in [0.1, 0.15) is 33.5 Å². The Hall–Kier alpha value is -2.34. The van der Waals surface area contributed by atoms with Gasteiger partial charge in [-0.05, 0) is 26.0 Å². The third-order valence-corrected chi connectivity index (χ3v) is 3.78. The lowest BCUT2D eigenvalue weighted by Gasteiger charge is -2.28. The molecule has 6 nitrogen and oxygen atoms in total. The summed E-state index contributed by atoms with van der Waals surface area (Å²) in [4.78, 5) is 12.2. The molecule has 1 aromatic heterocycles. The molecule has 0 radical (unpaired) electrons. The summed E-state index contributed by atoms with van der Waals surface area (Å²) in [6.07, 6.45) is -0.306. The van der Waals surface area contributed by atoms with Crippen LogP contribution in [-0.2, 0) is 6.54 Å². The highest BCUT2D eigenvalue weighted by molar-refractivity contribution is 6.01. The Labute approximate surface area is 122 Å². The number of aliphatic hydroxyl groups excluding tert-OH is 1. The number of carbonyl (C=O) groups excluding carboxylic acids is 1. The van der Waals surface area contributed by atoms with E-state index in [0.717, 1.165) is 22.6 Å². The Kier molecular flexibility index (Phi) is 3.39. The first kappa shape index (κ1) is 13.6. The number of hydrogen-bond acceptors (Lipinski definition) is 4. The molecule has 3 rings (SSSR count). The predicted octanol–water partition coefficient (Wildman–Crippen LogP) is 1.35. The minimum absolute atomic E-state index is 0.0364. The standard InChI is InChI=1S/C15H18N4O2/c1-9-13(10(2)19(18-9)7-8-20)14-16-12-6-4-3-5-11(12)15(21)17-14/h3-6,14,16,20H,7-8H2,1-2H3,(H,17,21)/t14-/m1/s1. The first-order chi connectivity index (χ1) is 10.1. The van der Waals surface area contributed by atoms with Crippen LogP contribution in [0.15, 0.2) is 24.3 Å². The van der Waals surface area contributed by atoms with Gasteiger partial charge in [0.15, 0.2) is 0 Å². The van der Waals surface area contributed by atoms with E-state index in [0.29, 0.717) is 12.1 Å². The second kappa shape index (κ2) is 5.21. The number of amides is 1. The van der Waals surface area contributed by atoms with Crippen LogP contribution in [0, 0.1) is 13.8 Å². The monoisotopic (exact) mass is 286 g/mol. The average Bonchev–Trinajstić information content (AvgIpc) is 2.74. The summed E-state index contributed by atoms with van der Waals surface area (Å²) in [5, 5.41) is 19.8. The van der Waals surface area contributed by atoms with Gasteiger partial charge >= 0.3 is 0 Å². The zero-order chi connectivity index (χ0) is 15.0. The van der Waals surface area contributed by atoms with Crippen molar-refractivity contribution in [1.82, 2.24) is 15.1 Å². The fourth-order valence-electron chi connectivity index (χ4n) is 2.79. The summed E-state index contributed by atoms with van der Waals surface area (Å²) < 4.78 is 1.76. The fourth-order valence-corrected chi connectivity index (χ4v) is 2.79. The number of aromatic nitrogens is 2. The molecule has 0 aliphatic carbocycles. The molecule has 0 saturated heterocycles. The molecule has 110 valence electrons.